The molecule has 90 valence electrons. The summed E-state index contributed by atoms with van der Waals surface area (Å²) in [4.78, 5) is 0. The molecule has 0 radical (unpaired) electrons. The van der Waals surface area contributed by atoms with Crippen LogP contribution in [0.25, 0.3) is 0 Å². The van der Waals surface area contributed by atoms with Gasteiger partial charge in [0.15, 0.2) is 0 Å². The van der Waals surface area contributed by atoms with E-state index in [9.17, 15) is 0 Å². The fraction of sp³-hybridized carbons (Fsp3) is 1.00. The van der Waals surface area contributed by atoms with E-state index in [0.29, 0.717) is 32.7 Å². The van der Waals surface area contributed by atoms with Gasteiger partial charge < -0.3 is 18.9 Å². The number of ether oxygens (including phenoxy) is 4. The summed E-state index contributed by atoms with van der Waals surface area (Å²) in [6, 6.07) is 0. The van der Waals surface area contributed by atoms with Crippen LogP contribution in [0.2, 0.25) is 0 Å². The monoisotopic (exact) mass is 218 g/mol. The number of hydrogen-bond donors (Lipinski definition) is 0. The second-order valence-corrected chi connectivity index (χ2v) is 3.77. The van der Waals surface area contributed by atoms with Crippen molar-refractivity contribution >= 4 is 0 Å². The highest BCUT2D eigenvalue weighted by atomic mass is 16.7. The standard InChI is InChI=1S/C11H22O4/c1-3-10(2)14-7-6-13-9-15-11-4-5-12-8-11/h10-11H,3-9H2,1-2H3. The molecule has 0 spiro atoms. The SMILES string of the molecule is CCC(C)OCCOCOC1CCOC1. The molecule has 2 atom stereocenters. The van der Waals surface area contributed by atoms with Crippen molar-refractivity contribution in [2.75, 3.05) is 33.2 Å². The van der Waals surface area contributed by atoms with Gasteiger partial charge in [0.05, 0.1) is 32.0 Å². The van der Waals surface area contributed by atoms with Crippen molar-refractivity contribution < 1.29 is 18.9 Å². The normalized spacial score (nSPS) is 23.2. The zero-order valence-corrected chi connectivity index (χ0v) is 9.74. The highest BCUT2D eigenvalue weighted by Crippen LogP contribution is 2.07. The molecule has 1 aliphatic rings. The predicted octanol–water partition coefficient (Wildman–Crippen LogP) is 1.58. The van der Waals surface area contributed by atoms with E-state index in [1.54, 1.807) is 0 Å². The molecule has 0 aromatic carbocycles. The van der Waals surface area contributed by atoms with Crippen LogP contribution in [-0.4, -0.2) is 45.4 Å². The van der Waals surface area contributed by atoms with Crippen molar-refractivity contribution in [2.24, 2.45) is 0 Å². The van der Waals surface area contributed by atoms with Gasteiger partial charge in [-0.2, -0.15) is 0 Å². The van der Waals surface area contributed by atoms with Crippen LogP contribution in [0.3, 0.4) is 0 Å². The van der Waals surface area contributed by atoms with Gasteiger partial charge in [0.1, 0.15) is 6.79 Å². The highest BCUT2D eigenvalue weighted by Gasteiger charge is 2.15. The summed E-state index contributed by atoms with van der Waals surface area (Å²) in [6.07, 6.45) is 2.56. The molecule has 0 aromatic rings. The molecule has 1 heterocycles. The molecule has 4 nitrogen and oxygen atoms in total. The van der Waals surface area contributed by atoms with Crippen LogP contribution in [0.4, 0.5) is 0 Å². The first kappa shape index (κ1) is 12.9. The molecule has 0 saturated carbocycles. The second kappa shape index (κ2) is 8.05. The van der Waals surface area contributed by atoms with Gasteiger partial charge in [-0.1, -0.05) is 6.92 Å². The average Bonchev–Trinajstić information content (AvgIpc) is 2.75. The lowest BCUT2D eigenvalue weighted by Gasteiger charge is -2.12. The number of rotatable bonds is 8. The summed E-state index contributed by atoms with van der Waals surface area (Å²) in [7, 11) is 0. The van der Waals surface area contributed by atoms with E-state index >= 15 is 0 Å². The quantitative estimate of drug-likeness (QED) is 0.458. The van der Waals surface area contributed by atoms with E-state index in [0.717, 1.165) is 19.4 Å². The van der Waals surface area contributed by atoms with E-state index in [1.807, 2.05) is 0 Å². The Bertz CT molecular complexity index is 146. The molecule has 4 heteroatoms. The molecule has 1 aliphatic heterocycles. The van der Waals surface area contributed by atoms with Gasteiger partial charge in [0, 0.05) is 6.61 Å². The largest absolute Gasteiger partial charge is 0.379 e. The molecule has 1 saturated heterocycles. The van der Waals surface area contributed by atoms with Crippen molar-refractivity contribution in [3.63, 3.8) is 0 Å². The van der Waals surface area contributed by atoms with Crippen LogP contribution in [-0.2, 0) is 18.9 Å². The molecule has 1 rings (SSSR count). The Kier molecular flexibility index (Phi) is 6.92. The predicted molar refractivity (Wildman–Crippen MR) is 56.8 cm³/mol. The Labute approximate surface area is 91.8 Å². The molecule has 0 amide bonds. The smallest absolute Gasteiger partial charge is 0.147 e. The zero-order chi connectivity index (χ0) is 10.9. The van der Waals surface area contributed by atoms with Crippen molar-refractivity contribution in [3.8, 4) is 0 Å². The molecular weight excluding hydrogens is 196 g/mol. The summed E-state index contributed by atoms with van der Waals surface area (Å²) in [6.45, 7) is 7.25. The third-order valence-corrected chi connectivity index (χ3v) is 2.48. The van der Waals surface area contributed by atoms with Gasteiger partial charge in [0.25, 0.3) is 0 Å². The lowest BCUT2D eigenvalue weighted by molar-refractivity contribution is -0.103. The molecule has 0 bridgehead atoms. The lowest BCUT2D eigenvalue weighted by Crippen LogP contribution is -2.17. The Morgan fingerprint density at radius 3 is 2.93 bits per heavy atom. The Morgan fingerprint density at radius 2 is 2.27 bits per heavy atom. The van der Waals surface area contributed by atoms with Crippen molar-refractivity contribution in [3.05, 3.63) is 0 Å². The second-order valence-electron chi connectivity index (χ2n) is 3.77. The zero-order valence-electron chi connectivity index (χ0n) is 9.74. The third-order valence-electron chi connectivity index (χ3n) is 2.48. The van der Waals surface area contributed by atoms with Crippen molar-refractivity contribution in [1.29, 1.82) is 0 Å². The Morgan fingerprint density at radius 1 is 1.40 bits per heavy atom. The van der Waals surface area contributed by atoms with Crippen LogP contribution in [0.1, 0.15) is 26.7 Å². The molecule has 0 aliphatic carbocycles. The minimum Gasteiger partial charge on any atom is -0.379 e. The number of hydrogen-bond acceptors (Lipinski definition) is 4. The Balaban J connectivity index is 1.80. The van der Waals surface area contributed by atoms with Crippen LogP contribution in [0.5, 0.6) is 0 Å². The van der Waals surface area contributed by atoms with Gasteiger partial charge >= 0.3 is 0 Å². The highest BCUT2D eigenvalue weighted by molar-refractivity contribution is 4.61. The first-order valence-corrected chi connectivity index (χ1v) is 5.71. The van der Waals surface area contributed by atoms with Crippen LogP contribution in [0, 0.1) is 0 Å². The van der Waals surface area contributed by atoms with Gasteiger partial charge in [0.2, 0.25) is 0 Å². The maximum absolute atomic E-state index is 5.46. The fourth-order valence-corrected chi connectivity index (χ4v) is 1.27. The molecule has 15 heavy (non-hydrogen) atoms. The van der Waals surface area contributed by atoms with Gasteiger partial charge in [-0.05, 0) is 19.8 Å². The summed E-state index contributed by atoms with van der Waals surface area (Å²) in [5.74, 6) is 0. The Hall–Kier alpha value is -0.160. The van der Waals surface area contributed by atoms with Gasteiger partial charge in [-0.25, -0.2) is 0 Å². The van der Waals surface area contributed by atoms with Gasteiger partial charge in [-0.3, -0.25) is 0 Å². The molecule has 0 aromatic heterocycles. The van der Waals surface area contributed by atoms with E-state index in [-0.39, 0.29) is 6.10 Å². The summed E-state index contributed by atoms with van der Waals surface area (Å²) < 4.78 is 21.4. The van der Waals surface area contributed by atoms with Crippen LogP contribution in [0.15, 0.2) is 0 Å². The third kappa shape index (κ3) is 6.10. The topological polar surface area (TPSA) is 36.9 Å². The summed E-state index contributed by atoms with van der Waals surface area (Å²) in [5, 5.41) is 0. The van der Waals surface area contributed by atoms with E-state index in [4.69, 9.17) is 18.9 Å². The maximum atomic E-state index is 5.46. The van der Waals surface area contributed by atoms with Gasteiger partial charge in [-0.15, -0.1) is 0 Å². The minimum absolute atomic E-state index is 0.223. The van der Waals surface area contributed by atoms with Crippen LogP contribution >= 0.6 is 0 Å². The molecule has 2 unspecified atom stereocenters. The molecule has 0 N–H and O–H groups in total. The minimum atomic E-state index is 0.223. The van der Waals surface area contributed by atoms with E-state index < -0.39 is 0 Å². The van der Waals surface area contributed by atoms with Crippen LogP contribution < -0.4 is 0 Å². The average molecular weight is 218 g/mol. The summed E-state index contributed by atoms with van der Waals surface area (Å²) in [5.41, 5.74) is 0. The fourth-order valence-electron chi connectivity index (χ4n) is 1.27. The summed E-state index contributed by atoms with van der Waals surface area (Å²) >= 11 is 0. The first-order chi connectivity index (χ1) is 7.33. The van der Waals surface area contributed by atoms with Crippen molar-refractivity contribution in [1.82, 2.24) is 0 Å². The van der Waals surface area contributed by atoms with Crippen molar-refractivity contribution in [2.45, 2.75) is 38.9 Å². The maximum Gasteiger partial charge on any atom is 0.147 e. The molecular formula is C11H22O4. The lowest BCUT2D eigenvalue weighted by atomic mass is 10.3. The van der Waals surface area contributed by atoms with E-state index in [2.05, 4.69) is 13.8 Å². The van der Waals surface area contributed by atoms with E-state index in [1.165, 1.54) is 0 Å². The first-order valence-electron chi connectivity index (χ1n) is 5.71. The molecule has 1 fully saturated rings.